The number of fused-ring (bicyclic) bond motifs is 1. The number of sulfonamides is 1. The number of rotatable bonds is 8. The second-order valence-electron chi connectivity index (χ2n) is 7.12. The number of hydrogen-bond donors (Lipinski definition) is 3. The van der Waals surface area contributed by atoms with Crippen LogP contribution in [-0.4, -0.2) is 32.4 Å². The third kappa shape index (κ3) is 4.60. The molecule has 1 amide bonds. The summed E-state index contributed by atoms with van der Waals surface area (Å²) >= 11 is 1.64. The standard InChI is InChI=1S/C24H21N3O3S2/c1-2-13-27-32(29,30)18-11-9-17(10-12-18)24(28)26-16-21(23-8-5-14-31-23)20-15-25-22-7-4-3-6-19(20)22/h1,3-12,14-15,21,25,27H,13,16H2,(H,26,28). The first kappa shape index (κ1) is 21.8. The first-order valence-electron chi connectivity index (χ1n) is 9.90. The topological polar surface area (TPSA) is 91.1 Å². The second kappa shape index (κ2) is 9.40. The molecule has 4 rings (SSSR count). The Hall–Kier alpha value is -3.38. The Balaban J connectivity index is 1.52. The van der Waals surface area contributed by atoms with E-state index in [2.05, 4.69) is 33.1 Å². The number of carbonyl (C=O) groups excluding carboxylic acids is 1. The third-order valence-electron chi connectivity index (χ3n) is 5.14. The number of hydrogen-bond acceptors (Lipinski definition) is 4. The lowest BCUT2D eigenvalue weighted by molar-refractivity contribution is 0.0952. The monoisotopic (exact) mass is 463 g/mol. The number of nitrogens with one attached hydrogen (secondary N) is 3. The van der Waals surface area contributed by atoms with E-state index in [1.807, 2.05) is 35.8 Å². The highest BCUT2D eigenvalue weighted by atomic mass is 32.2. The molecule has 0 bridgehead atoms. The van der Waals surface area contributed by atoms with Crippen molar-refractivity contribution in [2.75, 3.05) is 13.1 Å². The number of terminal acetylenes is 1. The Kier molecular flexibility index (Phi) is 6.42. The Morgan fingerprint density at radius 1 is 1.09 bits per heavy atom. The van der Waals surface area contributed by atoms with Gasteiger partial charge in [0.25, 0.3) is 5.91 Å². The fraction of sp³-hybridized carbons (Fsp3) is 0.125. The van der Waals surface area contributed by atoms with Crippen LogP contribution in [0.3, 0.4) is 0 Å². The lowest BCUT2D eigenvalue weighted by Gasteiger charge is -2.16. The minimum atomic E-state index is -3.70. The van der Waals surface area contributed by atoms with Crippen LogP contribution in [-0.2, 0) is 10.0 Å². The molecule has 6 nitrogen and oxygen atoms in total. The van der Waals surface area contributed by atoms with E-state index >= 15 is 0 Å². The highest BCUT2D eigenvalue weighted by Gasteiger charge is 2.21. The van der Waals surface area contributed by atoms with Gasteiger partial charge in [0, 0.05) is 40.0 Å². The van der Waals surface area contributed by atoms with E-state index in [1.54, 1.807) is 11.3 Å². The van der Waals surface area contributed by atoms with Crippen molar-refractivity contribution in [1.82, 2.24) is 15.0 Å². The summed E-state index contributed by atoms with van der Waals surface area (Å²) in [5.74, 6) is 1.95. The smallest absolute Gasteiger partial charge is 0.251 e. The molecular formula is C24H21N3O3S2. The normalized spacial score (nSPS) is 12.3. The van der Waals surface area contributed by atoms with Crippen molar-refractivity contribution >= 4 is 38.2 Å². The van der Waals surface area contributed by atoms with Gasteiger partial charge in [0.1, 0.15) is 0 Å². The van der Waals surface area contributed by atoms with Crippen LogP contribution < -0.4 is 10.0 Å². The van der Waals surface area contributed by atoms with E-state index in [0.717, 1.165) is 21.3 Å². The van der Waals surface area contributed by atoms with Crippen LogP contribution in [0.4, 0.5) is 0 Å². The summed E-state index contributed by atoms with van der Waals surface area (Å²) in [6.07, 6.45) is 7.10. The molecule has 2 heterocycles. The van der Waals surface area contributed by atoms with Gasteiger partial charge in [-0.2, -0.15) is 4.72 Å². The highest BCUT2D eigenvalue weighted by Crippen LogP contribution is 2.32. The van der Waals surface area contributed by atoms with Crippen LogP contribution in [0, 0.1) is 12.3 Å². The van der Waals surface area contributed by atoms with Gasteiger partial charge in [0.15, 0.2) is 0 Å². The third-order valence-corrected chi connectivity index (χ3v) is 7.54. The molecule has 0 fully saturated rings. The molecule has 0 aliphatic rings. The Bertz CT molecular complexity index is 1370. The van der Waals surface area contributed by atoms with Crippen molar-refractivity contribution in [3.63, 3.8) is 0 Å². The molecule has 0 radical (unpaired) electrons. The fourth-order valence-electron chi connectivity index (χ4n) is 3.54. The molecule has 3 N–H and O–H groups in total. The number of aromatic nitrogens is 1. The van der Waals surface area contributed by atoms with Gasteiger partial charge in [-0.25, -0.2) is 8.42 Å². The molecule has 32 heavy (non-hydrogen) atoms. The Morgan fingerprint density at radius 2 is 1.88 bits per heavy atom. The van der Waals surface area contributed by atoms with Crippen LogP contribution in [0.25, 0.3) is 10.9 Å². The molecule has 4 aromatic rings. The van der Waals surface area contributed by atoms with E-state index in [4.69, 9.17) is 6.42 Å². The van der Waals surface area contributed by atoms with E-state index in [9.17, 15) is 13.2 Å². The maximum absolute atomic E-state index is 12.8. The molecule has 0 saturated carbocycles. The number of aromatic amines is 1. The molecule has 0 aliphatic heterocycles. The molecule has 0 saturated heterocycles. The summed E-state index contributed by atoms with van der Waals surface area (Å²) < 4.78 is 26.6. The van der Waals surface area contributed by atoms with Crippen molar-refractivity contribution in [1.29, 1.82) is 0 Å². The Morgan fingerprint density at radius 3 is 2.59 bits per heavy atom. The van der Waals surface area contributed by atoms with Crippen molar-refractivity contribution < 1.29 is 13.2 Å². The zero-order chi connectivity index (χ0) is 22.6. The summed E-state index contributed by atoms with van der Waals surface area (Å²) in [4.78, 5) is 17.3. The lowest BCUT2D eigenvalue weighted by Crippen LogP contribution is -2.29. The van der Waals surface area contributed by atoms with Gasteiger partial charge in [0.2, 0.25) is 10.0 Å². The van der Waals surface area contributed by atoms with Gasteiger partial charge >= 0.3 is 0 Å². The number of para-hydroxylation sites is 1. The number of carbonyl (C=O) groups is 1. The summed E-state index contributed by atoms with van der Waals surface area (Å²) in [5, 5.41) is 6.13. The molecule has 1 unspecified atom stereocenters. The highest BCUT2D eigenvalue weighted by molar-refractivity contribution is 7.89. The van der Waals surface area contributed by atoms with E-state index in [1.165, 1.54) is 24.3 Å². The van der Waals surface area contributed by atoms with Gasteiger partial charge in [-0.3, -0.25) is 4.79 Å². The predicted octanol–water partition coefficient (Wildman–Crippen LogP) is 3.70. The van der Waals surface area contributed by atoms with E-state index in [0.29, 0.717) is 12.1 Å². The van der Waals surface area contributed by atoms with Crippen molar-refractivity contribution in [2.45, 2.75) is 10.8 Å². The van der Waals surface area contributed by atoms with Gasteiger partial charge in [-0.15, -0.1) is 17.8 Å². The van der Waals surface area contributed by atoms with Crippen LogP contribution in [0.5, 0.6) is 0 Å². The van der Waals surface area contributed by atoms with Crippen LogP contribution in [0.1, 0.15) is 26.7 Å². The average molecular weight is 464 g/mol. The van der Waals surface area contributed by atoms with Crippen LogP contribution >= 0.6 is 11.3 Å². The molecule has 1 atom stereocenters. The number of thiophene rings is 1. The molecule has 0 spiro atoms. The number of H-pyrrole nitrogens is 1. The first-order chi connectivity index (χ1) is 15.5. The molecule has 2 aromatic carbocycles. The molecular weight excluding hydrogens is 442 g/mol. The summed E-state index contributed by atoms with van der Waals surface area (Å²) in [6, 6.07) is 17.9. The molecule has 2 aromatic heterocycles. The predicted molar refractivity (Wildman–Crippen MR) is 127 cm³/mol. The molecule has 0 aliphatic carbocycles. The first-order valence-corrected chi connectivity index (χ1v) is 12.3. The van der Waals surface area contributed by atoms with Crippen molar-refractivity contribution in [2.24, 2.45) is 0 Å². The van der Waals surface area contributed by atoms with E-state index < -0.39 is 10.0 Å². The maximum atomic E-state index is 12.8. The lowest BCUT2D eigenvalue weighted by atomic mass is 9.96. The maximum Gasteiger partial charge on any atom is 0.251 e. The number of amides is 1. The fourth-order valence-corrected chi connectivity index (χ4v) is 5.32. The van der Waals surface area contributed by atoms with Crippen molar-refractivity contribution in [3.8, 4) is 12.3 Å². The molecule has 8 heteroatoms. The van der Waals surface area contributed by atoms with E-state index in [-0.39, 0.29) is 23.3 Å². The SMILES string of the molecule is C#CCNS(=O)(=O)c1ccc(C(=O)NCC(c2cccs2)c2c[nH]c3ccccc23)cc1. The summed E-state index contributed by atoms with van der Waals surface area (Å²) in [5.41, 5.74) is 2.54. The van der Waals surface area contributed by atoms with Crippen LogP contribution in [0.15, 0.2) is 77.1 Å². The quantitative estimate of drug-likeness (QED) is 0.348. The van der Waals surface area contributed by atoms with Gasteiger partial charge in [0.05, 0.1) is 11.4 Å². The minimum absolute atomic E-state index is 0.0114. The average Bonchev–Trinajstić information content (AvgIpc) is 3.49. The Labute approximate surface area is 190 Å². The zero-order valence-corrected chi connectivity index (χ0v) is 18.7. The number of benzene rings is 2. The molecule has 162 valence electrons. The second-order valence-corrected chi connectivity index (χ2v) is 9.87. The van der Waals surface area contributed by atoms with Crippen molar-refractivity contribution in [3.05, 3.63) is 88.2 Å². The van der Waals surface area contributed by atoms with Gasteiger partial charge in [-0.1, -0.05) is 30.2 Å². The van der Waals surface area contributed by atoms with Crippen LogP contribution in [0.2, 0.25) is 0 Å². The van der Waals surface area contributed by atoms with Gasteiger partial charge in [-0.05, 0) is 47.3 Å². The largest absolute Gasteiger partial charge is 0.361 e. The summed E-state index contributed by atoms with van der Waals surface area (Å²) in [7, 11) is -3.70. The van der Waals surface area contributed by atoms with Gasteiger partial charge < -0.3 is 10.3 Å². The summed E-state index contributed by atoms with van der Waals surface area (Å²) in [6.45, 7) is 0.313. The zero-order valence-electron chi connectivity index (χ0n) is 17.0. The minimum Gasteiger partial charge on any atom is -0.361 e.